The van der Waals surface area contributed by atoms with Gasteiger partial charge in [0.25, 0.3) is 11.6 Å². The molecule has 144 valence electrons. The van der Waals surface area contributed by atoms with Crippen molar-refractivity contribution in [1.29, 1.82) is 0 Å². The van der Waals surface area contributed by atoms with E-state index in [-0.39, 0.29) is 23.1 Å². The SMILES string of the molecule is Cc1ccc2c(Cl)cc(Cl)c(OCC(=O)Nc3ccc([N+](=O)[O-])cc3C)c2n1. The number of nitrogens with one attached hydrogen (secondary N) is 1. The summed E-state index contributed by atoms with van der Waals surface area (Å²) in [5, 5.41) is 14.8. The van der Waals surface area contributed by atoms with Crippen LogP contribution in [-0.4, -0.2) is 22.4 Å². The number of nitro benzene ring substituents is 1. The van der Waals surface area contributed by atoms with Gasteiger partial charge >= 0.3 is 0 Å². The van der Waals surface area contributed by atoms with Crippen LogP contribution in [0.1, 0.15) is 11.3 Å². The first-order valence-corrected chi connectivity index (χ1v) is 8.95. The van der Waals surface area contributed by atoms with Crippen molar-refractivity contribution in [3.05, 3.63) is 67.8 Å². The fraction of sp³-hybridized carbons (Fsp3) is 0.158. The molecule has 0 fully saturated rings. The molecule has 3 rings (SSSR count). The van der Waals surface area contributed by atoms with Crippen molar-refractivity contribution >= 4 is 51.4 Å². The zero-order chi connectivity index (χ0) is 20.4. The second kappa shape index (κ2) is 8.00. The molecular weight excluding hydrogens is 405 g/mol. The molecule has 0 bridgehead atoms. The third kappa shape index (κ3) is 4.16. The van der Waals surface area contributed by atoms with Gasteiger partial charge in [0.1, 0.15) is 5.52 Å². The molecule has 0 radical (unpaired) electrons. The Morgan fingerprint density at radius 3 is 2.61 bits per heavy atom. The monoisotopic (exact) mass is 419 g/mol. The number of halogens is 2. The first-order chi connectivity index (χ1) is 13.3. The van der Waals surface area contributed by atoms with Crippen LogP contribution in [0, 0.1) is 24.0 Å². The van der Waals surface area contributed by atoms with E-state index in [0.29, 0.717) is 27.2 Å². The summed E-state index contributed by atoms with van der Waals surface area (Å²) in [6, 6.07) is 9.34. The zero-order valence-corrected chi connectivity index (χ0v) is 16.5. The van der Waals surface area contributed by atoms with Crippen LogP contribution in [0.5, 0.6) is 5.75 Å². The van der Waals surface area contributed by atoms with E-state index in [0.717, 1.165) is 5.69 Å². The smallest absolute Gasteiger partial charge is 0.269 e. The van der Waals surface area contributed by atoms with E-state index < -0.39 is 10.8 Å². The molecule has 0 spiro atoms. The third-order valence-electron chi connectivity index (χ3n) is 4.02. The molecule has 0 aliphatic carbocycles. The lowest BCUT2D eigenvalue weighted by molar-refractivity contribution is -0.384. The van der Waals surface area contributed by atoms with Gasteiger partial charge in [-0.2, -0.15) is 0 Å². The minimum absolute atomic E-state index is 0.0485. The number of hydrogen-bond acceptors (Lipinski definition) is 5. The van der Waals surface area contributed by atoms with Crippen molar-refractivity contribution in [2.75, 3.05) is 11.9 Å². The summed E-state index contributed by atoms with van der Waals surface area (Å²) in [6.07, 6.45) is 0. The van der Waals surface area contributed by atoms with Gasteiger partial charge in [0.05, 0.1) is 15.0 Å². The van der Waals surface area contributed by atoms with Gasteiger partial charge in [-0.25, -0.2) is 4.98 Å². The topological polar surface area (TPSA) is 94.4 Å². The first-order valence-electron chi connectivity index (χ1n) is 8.19. The van der Waals surface area contributed by atoms with Crippen molar-refractivity contribution in [2.24, 2.45) is 0 Å². The number of nitrogens with zero attached hydrogens (tertiary/aromatic N) is 2. The molecule has 0 aliphatic rings. The molecule has 0 saturated carbocycles. The van der Waals surface area contributed by atoms with Crippen molar-refractivity contribution in [1.82, 2.24) is 4.98 Å². The Morgan fingerprint density at radius 1 is 1.18 bits per heavy atom. The number of non-ortho nitro benzene ring substituents is 1. The lowest BCUT2D eigenvalue weighted by Crippen LogP contribution is -2.21. The number of benzene rings is 2. The normalized spacial score (nSPS) is 10.7. The molecule has 0 atom stereocenters. The van der Waals surface area contributed by atoms with E-state index in [4.69, 9.17) is 27.9 Å². The number of carbonyl (C=O) groups is 1. The molecule has 9 heteroatoms. The molecule has 2 aromatic carbocycles. The highest BCUT2D eigenvalue weighted by atomic mass is 35.5. The van der Waals surface area contributed by atoms with E-state index in [1.54, 1.807) is 6.92 Å². The predicted octanol–water partition coefficient (Wildman–Crippen LogP) is 5.08. The molecule has 3 aromatic rings. The van der Waals surface area contributed by atoms with Crippen molar-refractivity contribution in [2.45, 2.75) is 13.8 Å². The third-order valence-corrected chi connectivity index (χ3v) is 4.61. The molecule has 7 nitrogen and oxygen atoms in total. The van der Waals surface area contributed by atoms with Crippen LogP contribution in [0.25, 0.3) is 10.9 Å². The van der Waals surface area contributed by atoms with Gasteiger partial charge in [0, 0.05) is 28.9 Å². The number of anilines is 1. The lowest BCUT2D eigenvalue weighted by Gasteiger charge is -2.13. The van der Waals surface area contributed by atoms with Crippen LogP contribution in [0.2, 0.25) is 10.0 Å². The second-order valence-corrected chi connectivity index (χ2v) is 6.93. The van der Waals surface area contributed by atoms with Crippen LogP contribution in [0.4, 0.5) is 11.4 Å². The molecule has 1 aromatic heterocycles. The van der Waals surface area contributed by atoms with Gasteiger partial charge in [-0.15, -0.1) is 0 Å². The summed E-state index contributed by atoms with van der Waals surface area (Å²) >= 11 is 12.4. The number of amides is 1. The lowest BCUT2D eigenvalue weighted by atomic mass is 10.2. The standard InChI is InChI=1S/C19H15Cl2N3O4/c1-10-7-12(24(26)27)4-6-16(10)23-17(25)9-28-19-15(21)8-14(20)13-5-3-11(2)22-18(13)19/h3-8H,9H2,1-2H3,(H,23,25). The van der Waals surface area contributed by atoms with E-state index in [9.17, 15) is 14.9 Å². The van der Waals surface area contributed by atoms with Crippen LogP contribution in [-0.2, 0) is 4.79 Å². The van der Waals surface area contributed by atoms with Crippen LogP contribution in [0.15, 0.2) is 36.4 Å². The number of nitro groups is 1. The van der Waals surface area contributed by atoms with E-state index >= 15 is 0 Å². The average Bonchev–Trinajstić information content (AvgIpc) is 2.62. The number of hydrogen-bond donors (Lipinski definition) is 1. The summed E-state index contributed by atoms with van der Waals surface area (Å²) < 4.78 is 5.62. The first kappa shape index (κ1) is 19.9. The summed E-state index contributed by atoms with van der Waals surface area (Å²) in [6.45, 7) is 3.17. The molecule has 1 heterocycles. The highest BCUT2D eigenvalue weighted by Gasteiger charge is 2.16. The fourth-order valence-corrected chi connectivity index (χ4v) is 3.22. The molecule has 0 saturated heterocycles. The predicted molar refractivity (Wildman–Crippen MR) is 108 cm³/mol. The number of aromatic nitrogens is 1. The van der Waals surface area contributed by atoms with E-state index in [1.807, 2.05) is 19.1 Å². The maximum Gasteiger partial charge on any atom is 0.269 e. The van der Waals surface area contributed by atoms with Crippen LogP contribution in [0.3, 0.4) is 0 Å². The Morgan fingerprint density at radius 2 is 1.93 bits per heavy atom. The van der Waals surface area contributed by atoms with Gasteiger partial charge in [-0.1, -0.05) is 23.2 Å². The van der Waals surface area contributed by atoms with Crippen molar-refractivity contribution in [3.8, 4) is 5.75 Å². The maximum absolute atomic E-state index is 12.3. The number of ether oxygens (including phenoxy) is 1. The van der Waals surface area contributed by atoms with Gasteiger partial charge in [0.15, 0.2) is 12.4 Å². The summed E-state index contributed by atoms with van der Waals surface area (Å²) in [7, 11) is 0. The molecule has 28 heavy (non-hydrogen) atoms. The number of rotatable bonds is 5. The Hall–Kier alpha value is -2.90. The molecule has 1 N–H and O–H groups in total. The maximum atomic E-state index is 12.3. The van der Waals surface area contributed by atoms with E-state index in [1.165, 1.54) is 24.3 Å². The van der Waals surface area contributed by atoms with Crippen LogP contribution < -0.4 is 10.1 Å². The molecular formula is C19H15Cl2N3O4. The summed E-state index contributed by atoms with van der Waals surface area (Å²) in [4.78, 5) is 27.0. The van der Waals surface area contributed by atoms with Crippen molar-refractivity contribution in [3.63, 3.8) is 0 Å². The average molecular weight is 420 g/mol. The largest absolute Gasteiger partial charge is 0.480 e. The highest BCUT2D eigenvalue weighted by Crippen LogP contribution is 2.37. The quantitative estimate of drug-likeness (QED) is 0.459. The summed E-state index contributed by atoms with van der Waals surface area (Å²) in [5.41, 5.74) is 2.20. The Balaban J connectivity index is 1.78. The summed E-state index contributed by atoms with van der Waals surface area (Å²) in [5.74, 6) is -0.177. The van der Waals surface area contributed by atoms with Gasteiger partial charge < -0.3 is 10.1 Å². The zero-order valence-electron chi connectivity index (χ0n) is 15.0. The van der Waals surface area contributed by atoms with E-state index in [2.05, 4.69) is 10.3 Å². The number of pyridine rings is 1. The van der Waals surface area contributed by atoms with Gasteiger partial charge in [-0.05, 0) is 43.7 Å². The Kier molecular flexibility index (Phi) is 5.67. The molecule has 1 amide bonds. The van der Waals surface area contributed by atoms with Gasteiger partial charge in [0.2, 0.25) is 0 Å². The number of aryl methyl sites for hydroxylation is 2. The fourth-order valence-electron chi connectivity index (χ4n) is 2.65. The van der Waals surface area contributed by atoms with Gasteiger partial charge in [-0.3, -0.25) is 14.9 Å². The minimum atomic E-state index is -0.496. The second-order valence-electron chi connectivity index (χ2n) is 6.11. The Bertz CT molecular complexity index is 1100. The number of fused-ring (bicyclic) bond motifs is 1. The van der Waals surface area contributed by atoms with Crippen molar-refractivity contribution < 1.29 is 14.5 Å². The Labute approximate surface area is 170 Å². The highest BCUT2D eigenvalue weighted by molar-refractivity contribution is 6.39. The molecule has 0 aliphatic heterocycles. The molecule has 0 unspecified atom stereocenters. The minimum Gasteiger partial charge on any atom is -0.480 e. The number of carbonyl (C=O) groups excluding carboxylic acids is 1. The van der Waals surface area contributed by atoms with Crippen LogP contribution >= 0.6 is 23.2 Å².